The minimum Gasteiger partial charge on any atom is -0.481 e. The minimum absolute atomic E-state index is 0.00583. The van der Waals surface area contributed by atoms with Gasteiger partial charge in [-0.3, -0.25) is 4.79 Å². The number of amides is 1. The predicted octanol–water partition coefficient (Wildman–Crippen LogP) is 3.76. The summed E-state index contributed by atoms with van der Waals surface area (Å²) >= 11 is 1.31. The van der Waals surface area contributed by atoms with Crippen molar-refractivity contribution in [2.45, 2.75) is 24.7 Å². The zero-order chi connectivity index (χ0) is 20.8. The van der Waals surface area contributed by atoms with Crippen LogP contribution in [0.2, 0.25) is 0 Å². The number of carbonyl (C=O) groups is 2. The normalized spacial score (nSPS) is 11.7. The molecule has 150 valence electrons. The molecule has 1 heterocycles. The molecule has 0 fully saturated rings. The Bertz CT molecular complexity index is 990. The fourth-order valence-electron chi connectivity index (χ4n) is 2.78. The van der Waals surface area contributed by atoms with Gasteiger partial charge < -0.3 is 19.7 Å². The molecule has 29 heavy (non-hydrogen) atoms. The highest BCUT2D eigenvalue weighted by atomic mass is 32.2. The molecule has 8 heteroatoms. The molecule has 0 aliphatic heterocycles. The molecular formula is C21H21N3O4S. The molecule has 0 bridgehead atoms. The van der Waals surface area contributed by atoms with Crippen LogP contribution < -0.4 is 10.1 Å². The van der Waals surface area contributed by atoms with Crippen LogP contribution >= 0.6 is 11.8 Å². The number of benzene rings is 2. The number of rotatable bonds is 8. The summed E-state index contributed by atoms with van der Waals surface area (Å²) in [6.07, 6.45) is 0.985. The van der Waals surface area contributed by atoms with Crippen molar-refractivity contribution in [3.63, 3.8) is 0 Å². The zero-order valence-electron chi connectivity index (χ0n) is 16.0. The first-order valence-electron chi connectivity index (χ1n) is 8.94. The largest absolute Gasteiger partial charge is 0.481 e. The lowest BCUT2D eigenvalue weighted by atomic mass is 10.2. The van der Waals surface area contributed by atoms with E-state index in [0.717, 1.165) is 5.56 Å². The van der Waals surface area contributed by atoms with E-state index in [9.17, 15) is 14.7 Å². The molecule has 3 rings (SSSR count). The third-order valence-electron chi connectivity index (χ3n) is 4.17. The van der Waals surface area contributed by atoms with Gasteiger partial charge in [0.15, 0.2) is 22.8 Å². The van der Waals surface area contributed by atoms with Crippen molar-refractivity contribution in [3.8, 4) is 5.75 Å². The predicted molar refractivity (Wildman–Crippen MR) is 112 cm³/mol. The number of hydrogen-bond acceptors (Lipinski definition) is 5. The Morgan fingerprint density at radius 2 is 1.76 bits per heavy atom. The molecule has 2 aromatic carbocycles. The summed E-state index contributed by atoms with van der Waals surface area (Å²) in [5.74, 6) is -1.09. The van der Waals surface area contributed by atoms with Gasteiger partial charge in [-0.15, -0.1) is 0 Å². The molecule has 0 saturated carbocycles. The number of imidazole rings is 1. The van der Waals surface area contributed by atoms with Gasteiger partial charge in [-0.1, -0.05) is 60.3 Å². The van der Waals surface area contributed by atoms with Gasteiger partial charge in [-0.25, -0.2) is 9.78 Å². The average Bonchev–Trinajstić information content (AvgIpc) is 3.06. The number of aromatic carboxylic acids is 1. The molecule has 1 unspecified atom stereocenters. The second-order valence-electron chi connectivity index (χ2n) is 6.23. The molecular weight excluding hydrogens is 390 g/mol. The number of carbonyl (C=O) groups excluding carboxylic acids is 1. The molecule has 1 aromatic heterocycles. The highest BCUT2D eigenvalue weighted by molar-refractivity contribution is 7.98. The van der Waals surface area contributed by atoms with Crippen LogP contribution in [0, 0.1) is 0 Å². The first kappa shape index (κ1) is 20.5. The van der Waals surface area contributed by atoms with E-state index in [0.29, 0.717) is 17.5 Å². The number of aromatic nitrogens is 2. The third-order valence-corrected chi connectivity index (χ3v) is 4.84. The van der Waals surface area contributed by atoms with E-state index in [1.807, 2.05) is 42.7 Å². The number of para-hydroxylation sites is 1. The van der Waals surface area contributed by atoms with E-state index < -0.39 is 18.0 Å². The van der Waals surface area contributed by atoms with Gasteiger partial charge in [0.05, 0.1) is 6.54 Å². The van der Waals surface area contributed by atoms with Gasteiger partial charge in [-0.2, -0.15) is 0 Å². The molecule has 0 aliphatic carbocycles. The SMILES string of the molecule is CSc1nc(NC(=O)C(C)Oc2ccccc2)c(C(=O)O)n1Cc1ccccc1. The Labute approximate surface area is 172 Å². The van der Waals surface area contributed by atoms with Crippen LogP contribution in [0.3, 0.4) is 0 Å². The maximum atomic E-state index is 12.6. The molecule has 3 aromatic rings. The smallest absolute Gasteiger partial charge is 0.356 e. The average molecular weight is 411 g/mol. The fraction of sp³-hybridized carbons (Fsp3) is 0.190. The van der Waals surface area contributed by atoms with Crippen molar-refractivity contribution in [3.05, 3.63) is 71.9 Å². The zero-order valence-corrected chi connectivity index (χ0v) is 16.8. The monoisotopic (exact) mass is 411 g/mol. The van der Waals surface area contributed by atoms with Crippen LogP contribution in [0.25, 0.3) is 0 Å². The van der Waals surface area contributed by atoms with E-state index in [1.54, 1.807) is 35.8 Å². The first-order chi connectivity index (χ1) is 14.0. The molecule has 1 amide bonds. The number of nitrogens with one attached hydrogen (secondary N) is 1. The van der Waals surface area contributed by atoms with Gasteiger partial charge >= 0.3 is 5.97 Å². The van der Waals surface area contributed by atoms with Gasteiger partial charge in [0.2, 0.25) is 0 Å². The lowest BCUT2D eigenvalue weighted by Crippen LogP contribution is -2.31. The number of carboxylic acid groups (broad SMARTS) is 1. The van der Waals surface area contributed by atoms with Crippen LogP contribution in [0.15, 0.2) is 65.8 Å². The molecule has 7 nitrogen and oxygen atoms in total. The minimum atomic E-state index is -1.17. The molecule has 1 atom stereocenters. The van der Waals surface area contributed by atoms with E-state index in [-0.39, 0.29) is 11.5 Å². The van der Waals surface area contributed by atoms with Crippen LogP contribution in [-0.2, 0) is 11.3 Å². The quantitative estimate of drug-likeness (QED) is 0.548. The highest BCUT2D eigenvalue weighted by Gasteiger charge is 2.26. The number of thioether (sulfide) groups is 1. The van der Waals surface area contributed by atoms with Crippen molar-refractivity contribution in [2.24, 2.45) is 0 Å². The van der Waals surface area contributed by atoms with Crippen LogP contribution in [-0.4, -0.2) is 38.9 Å². The summed E-state index contributed by atoms with van der Waals surface area (Å²) < 4.78 is 7.19. The highest BCUT2D eigenvalue weighted by Crippen LogP contribution is 2.25. The summed E-state index contributed by atoms with van der Waals surface area (Å²) in [7, 11) is 0. The number of ether oxygens (including phenoxy) is 1. The summed E-state index contributed by atoms with van der Waals surface area (Å²) in [6, 6.07) is 18.4. The van der Waals surface area contributed by atoms with E-state index >= 15 is 0 Å². The van der Waals surface area contributed by atoms with Crippen LogP contribution in [0.4, 0.5) is 5.82 Å². The number of carboxylic acids is 1. The van der Waals surface area contributed by atoms with Crippen molar-refractivity contribution in [1.82, 2.24) is 9.55 Å². The van der Waals surface area contributed by atoms with Crippen molar-refractivity contribution in [2.75, 3.05) is 11.6 Å². The Balaban J connectivity index is 1.84. The van der Waals surface area contributed by atoms with Crippen LogP contribution in [0.5, 0.6) is 5.75 Å². The van der Waals surface area contributed by atoms with Crippen molar-refractivity contribution >= 4 is 29.5 Å². The molecule has 0 radical (unpaired) electrons. The maximum absolute atomic E-state index is 12.6. The number of hydrogen-bond donors (Lipinski definition) is 2. The fourth-order valence-corrected chi connectivity index (χ4v) is 3.34. The van der Waals surface area contributed by atoms with Gasteiger partial charge in [-0.05, 0) is 30.9 Å². The Morgan fingerprint density at radius 1 is 1.14 bits per heavy atom. The number of nitrogens with zero attached hydrogens (tertiary/aromatic N) is 2. The van der Waals surface area contributed by atoms with Crippen LogP contribution in [0.1, 0.15) is 23.0 Å². The number of anilines is 1. The summed E-state index contributed by atoms with van der Waals surface area (Å²) in [6.45, 7) is 1.93. The topological polar surface area (TPSA) is 93.4 Å². The molecule has 0 saturated heterocycles. The van der Waals surface area contributed by atoms with Crippen molar-refractivity contribution < 1.29 is 19.4 Å². The Hall–Kier alpha value is -3.26. The molecule has 0 spiro atoms. The van der Waals surface area contributed by atoms with E-state index in [2.05, 4.69) is 10.3 Å². The second kappa shape index (κ2) is 9.29. The Kier molecular flexibility index (Phi) is 6.56. The standard InChI is InChI=1S/C21H21N3O4S/c1-14(28-16-11-7-4-8-12-16)19(25)22-18-17(20(26)27)24(21(23-18)29-2)13-15-9-5-3-6-10-15/h3-12,14H,13H2,1-2H3,(H,22,25)(H,26,27). The second-order valence-corrected chi connectivity index (χ2v) is 7.01. The van der Waals surface area contributed by atoms with Gasteiger partial charge in [0.1, 0.15) is 5.75 Å². The van der Waals surface area contributed by atoms with Gasteiger partial charge in [0.25, 0.3) is 5.91 Å². The van der Waals surface area contributed by atoms with Crippen molar-refractivity contribution in [1.29, 1.82) is 0 Å². The first-order valence-corrected chi connectivity index (χ1v) is 10.2. The molecule has 0 aliphatic rings. The van der Waals surface area contributed by atoms with Gasteiger partial charge in [0, 0.05) is 0 Å². The summed E-state index contributed by atoms with van der Waals surface area (Å²) in [5, 5.41) is 12.9. The Morgan fingerprint density at radius 3 is 2.34 bits per heavy atom. The lowest BCUT2D eigenvalue weighted by Gasteiger charge is -2.14. The maximum Gasteiger partial charge on any atom is 0.356 e. The van der Waals surface area contributed by atoms with E-state index in [4.69, 9.17) is 4.74 Å². The molecule has 2 N–H and O–H groups in total. The third kappa shape index (κ3) is 4.97. The van der Waals surface area contributed by atoms with E-state index in [1.165, 1.54) is 11.8 Å². The summed E-state index contributed by atoms with van der Waals surface area (Å²) in [4.78, 5) is 28.9. The lowest BCUT2D eigenvalue weighted by molar-refractivity contribution is -0.122. The summed E-state index contributed by atoms with van der Waals surface area (Å²) in [5.41, 5.74) is 0.861.